The van der Waals surface area contributed by atoms with E-state index < -0.39 is 10.0 Å². The summed E-state index contributed by atoms with van der Waals surface area (Å²) in [5.74, 6) is 0.613. The van der Waals surface area contributed by atoms with Crippen LogP contribution in [0.3, 0.4) is 0 Å². The van der Waals surface area contributed by atoms with E-state index >= 15 is 0 Å². The van der Waals surface area contributed by atoms with Crippen molar-refractivity contribution in [3.63, 3.8) is 0 Å². The fourth-order valence-corrected chi connectivity index (χ4v) is 2.81. The molecule has 2 rings (SSSR count). The Kier molecular flexibility index (Phi) is 4.87. The molecule has 0 aliphatic rings. The lowest BCUT2D eigenvalue weighted by Gasteiger charge is -2.08. The standard InChI is InChI=1S/C14H18N4O2S/c1-3-15-12-4-6-14(7-5-12)21(19,20)17-10-13-8-9-16-11(2)18-13/h4-9,15,17H,3,10H2,1-2H3. The number of hydrogen-bond acceptors (Lipinski definition) is 5. The summed E-state index contributed by atoms with van der Waals surface area (Å²) in [6, 6.07) is 8.32. The van der Waals surface area contributed by atoms with Crippen LogP contribution in [-0.4, -0.2) is 24.9 Å². The van der Waals surface area contributed by atoms with Crippen molar-refractivity contribution in [1.29, 1.82) is 0 Å². The minimum atomic E-state index is -3.54. The van der Waals surface area contributed by atoms with E-state index in [9.17, 15) is 8.42 Å². The molecule has 2 N–H and O–H groups in total. The maximum atomic E-state index is 12.2. The fraction of sp³-hybridized carbons (Fsp3) is 0.286. The summed E-state index contributed by atoms with van der Waals surface area (Å²) in [6.45, 7) is 4.67. The number of aromatic nitrogens is 2. The highest BCUT2D eigenvalue weighted by atomic mass is 32.2. The van der Waals surface area contributed by atoms with Gasteiger partial charge >= 0.3 is 0 Å². The van der Waals surface area contributed by atoms with Crippen LogP contribution in [0.15, 0.2) is 41.4 Å². The molecule has 0 aliphatic carbocycles. The van der Waals surface area contributed by atoms with Gasteiger partial charge in [-0.3, -0.25) is 0 Å². The minimum Gasteiger partial charge on any atom is -0.385 e. The molecule has 7 heteroatoms. The lowest BCUT2D eigenvalue weighted by molar-refractivity contribution is 0.580. The van der Waals surface area contributed by atoms with Crippen LogP contribution < -0.4 is 10.0 Å². The SMILES string of the molecule is CCNc1ccc(S(=O)(=O)NCc2ccnc(C)n2)cc1. The normalized spacial score (nSPS) is 11.3. The average Bonchev–Trinajstić information content (AvgIpc) is 2.46. The van der Waals surface area contributed by atoms with E-state index in [4.69, 9.17) is 0 Å². The maximum Gasteiger partial charge on any atom is 0.240 e. The first kappa shape index (κ1) is 15.4. The second kappa shape index (κ2) is 6.64. The van der Waals surface area contributed by atoms with Crippen LogP contribution in [0.25, 0.3) is 0 Å². The maximum absolute atomic E-state index is 12.2. The number of aryl methyl sites for hydroxylation is 1. The van der Waals surface area contributed by atoms with Gasteiger partial charge in [0.05, 0.1) is 17.1 Å². The fourth-order valence-electron chi connectivity index (χ4n) is 1.81. The number of sulfonamides is 1. The first-order chi connectivity index (χ1) is 10.0. The van der Waals surface area contributed by atoms with Gasteiger partial charge in [0.2, 0.25) is 10.0 Å². The van der Waals surface area contributed by atoms with Gasteiger partial charge in [-0.15, -0.1) is 0 Å². The molecule has 0 saturated carbocycles. The van der Waals surface area contributed by atoms with Crippen molar-refractivity contribution in [3.05, 3.63) is 48.0 Å². The Balaban J connectivity index is 2.07. The number of rotatable bonds is 6. The lowest BCUT2D eigenvalue weighted by atomic mass is 10.3. The zero-order valence-electron chi connectivity index (χ0n) is 12.0. The lowest BCUT2D eigenvalue weighted by Crippen LogP contribution is -2.23. The van der Waals surface area contributed by atoms with Gasteiger partial charge in [0, 0.05) is 18.4 Å². The van der Waals surface area contributed by atoms with Gasteiger partial charge < -0.3 is 5.32 Å². The molecule has 0 atom stereocenters. The number of benzene rings is 1. The van der Waals surface area contributed by atoms with Crippen molar-refractivity contribution in [3.8, 4) is 0 Å². The number of hydrogen-bond donors (Lipinski definition) is 2. The monoisotopic (exact) mass is 306 g/mol. The van der Waals surface area contributed by atoms with Gasteiger partial charge in [-0.25, -0.2) is 23.1 Å². The third-order valence-electron chi connectivity index (χ3n) is 2.82. The molecule has 0 fully saturated rings. The van der Waals surface area contributed by atoms with Crippen molar-refractivity contribution in [2.24, 2.45) is 0 Å². The van der Waals surface area contributed by atoms with E-state index in [1.54, 1.807) is 43.5 Å². The first-order valence-electron chi connectivity index (χ1n) is 6.63. The van der Waals surface area contributed by atoms with E-state index in [1.807, 2.05) is 6.92 Å². The molecular formula is C14H18N4O2S. The predicted molar refractivity (Wildman–Crippen MR) is 81.4 cm³/mol. The summed E-state index contributed by atoms with van der Waals surface area (Å²) in [7, 11) is -3.54. The van der Waals surface area contributed by atoms with E-state index in [2.05, 4.69) is 20.0 Å². The quantitative estimate of drug-likeness (QED) is 0.848. The summed E-state index contributed by atoms with van der Waals surface area (Å²) in [6.07, 6.45) is 1.61. The van der Waals surface area contributed by atoms with E-state index in [0.29, 0.717) is 11.5 Å². The van der Waals surface area contributed by atoms with Crippen LogP contribution in [0.2, 0.25) is 0 Å². The molecule has 6 nitrogen and oxygen atoms in total. The number of anilines is 1. The number of nitrogens with zero attached hydrogens (tertiary/aromatic N) is 2. The molecule has 1 aromatic heterocycles. The van der Waals surface area contributed by atoms with Crippen LogP contribution in [0.1, 0.15) is 18.4 Å². The van der Waals surface area contributed by atoms with Gasteiger partial charge in [0.1, 0.15) is 5.82 Å². The van der Waals surface area contributed by atoms with Crippen molar-refractivity contribution in [2.75, 3.05) is 11.9 Å². The Hall–Kier alpha value is -1.99. The van der Waals surface area contributed by atoms with Crippen LogP contribution in [0, 0.1) is 6.92 Å². The third kappa shape index (κ3) is 4.24. The van der Waals surface area contributed by atoms with Gasteiger partial charge in [0.15, 0.2) is 0 Å². The van der Waals surface area contributed by atoms with Crippen molar-refractivity contribution in [2.45, 2.75) is 25.3 Å². The summed E-state index contributed by atoms with van der Waals surface area (Å²) in [4.78, 5) is 8.37. The molecule has 0 amide bonds. The van der Waals surface area contributed by atoms with Gasteiger partial charge in [-0.1, -0.05) is 0 Å². The second-order valence-corrected chi connectivity index (χ2v) is 6.24. The Bertz CT molecular complexity index is 699. The van der Waals surface area contributed by atoms with Gasteiger partial charge in [0.25, 0.3) is 0 Å². The molecule has 1 aromatic carbocycles. The highest BCUT2D eigenvalue weighted by Crippen LogP contribution is 2.14. The molecule has 1 heterocycles. The summed E-state index contributed by atoms with van der Waals surface area (Å²) < 4.78 is 26.9. The second-order valence-electron chi connectivity index (χ2n) is 4.47. The zero-order valence-corrected chi connectivity index (χ0v) is 12.8. The Morgan fingerprint density at radius 3 is 2.48 bits per heavy atom. The topological polar surface area (TPSA) is 84.0 Å². The molecule has 112 valence electrons. The summed E-state index contributed by atoms with van der Waals surface area (Å²) >= 11 is 0. The molecule has 0 aliphatic heterocycles. The van der Waals surface area contributed by atoms with E-state index in [-0.39, 0.29) is 11.4 Å². The zero-order chi connectivity index (χ0) is 15.3. The van der Waals surface area contributed by atoms with Crippen LogP contribution in [0.4, 0.5) is 5.69 Å². The Morgan fingerprint density at radius 1 is 1.14 bits per heavy atom. The molecule has 0 bridgehead atoms. The van der Waals surface area contributed by atoms with Crippen molar-refractivity contribution >= 4 is 15.7 Å². The van der Waals surface area contributed by atoms with Crippen molar-refractivity contribution in [1.82, 2.24) is 14.7 Å². The molecule has 0 saturated heterocycles. The summed E-state index contributed by atoms with van der Waals surface area (Å²) in [5, 5.41) is 3.12. The minimum absolute atomic E-state index is 0.140. The van der Waals surface area contributed by atoms with Gasteiger partial charge in [-0.2, -0.15) is 0 Å². The first-order valence-corrected chi connectivity index (χ1v) is 8.11. The molecule has 0 unspecified atom stereocenters. The highest BCUT2D eigenvalue weighted by molar-refractivity contribution is 7.89. The van der Waals surface area contributed by atoms with Gasteiger partial charge in [-0.05, 0) is 44.2 Å². The van der Waals surface area contributed by atoms with Crippen LogP contribution in [0.5, 0.6) is 0 Å². The average molecular weight is 306 g/mol. The van der Waals surface area contributed by atoms with E-state index in [0.717, 1.165) is 12.2 Å². The molecule has 0 radical (unpaired) electrons. The highest BCUT2D eigenvalue weighted by Gasteiger charge is 2.13. The van der Waals surface area contributed by atoms with Crippen LogP contribution in [-0.2, 0) is 16.6 Å². The smallest absolute Gasteiger partial charge is 0.240 e. The Labute approximate surface area is 124 Å². The molecule has 2 aromatic rings. The van der Waals surface area contributed by atoms with Crippen molar-refractivity contribution < 1.29 is 8.42 Å². The third-order valence-corrected chi connectivity index (χ3v) is 4.24. The summed E-state index contributed by atoms with van der Waals surface area (Å²) in [5.41, 5.74) is 1.53. The number of nitrogens with one attached hydrogen (secondary N) is 2. The van der Waals surface area contributed by atoms with Crippen LogP contribution >= 0.6 is 0 Å². The largest absolute Gasteiger partial charge is 0.385 e. The molecular weight excluding hydrogens is 288 g/mol. The molecule has 21 heavy (non-hydrogen) atoms. The molecule has 0 spiro atoms. The Morgan fingerprint density at radius 2 is 1.86 bits per heavy atom. The van der Waals surface area contributed by atoms with E-state index in [1.165, 1.54) is 0 Å². The predicted octanol–water partition coefficient (Wildman–Crippen LogP) is 1.70.